The van der Waals surface area contributed by atoms with Gasteiger partial charge in [-0.15, -0.1) is 11.3 Å². The normalized spacial score (nSPS) is 11.7. The van der Waals surface area contributed by atoms with Gasteiger partial charge in [-0.3, -0.25) is 5.10 Å². The van der Waals surface area contributed by atoms with Gasteiger partial charge in [0.2, 0.25) is 0 Å². The molecule has 0 saturated heterocycles. The molecule has 7 aromatic rings. The summed E-state index contributed by atoms with van der Waals surface area (Å²) in [5, 5.41) is 28.6. The number of carbonyl (C=O) groups is 1. The van der Waals surface area contributed by atoms with Crippen LogP contribution < -0.4 is 0 Å². The van der Waals surface area contributed by atoms with Crippen molar-refractivity contribution in [3.63, 3.8) is 0 Å². The second-order valence-electron chi connectivity index (χ2n) is 10.5. The van der Waals surface area contributed by atoms with Crippen LogP contribution in [0.3, 0.4) is 0 Å². The number of carboxylic acids is 1. The molecule has 0 saturated carbocycles. The zero-order valence-electron chi connectivity index (χ0n) is 23.4. The van der Waals surface area contributed by atoms with Crippen LogP contribution in [0.25, 0.3) is 55.3 Å². The summed E-state index contributed by atoms with van der Waals surface area (Å²) in [6.07, 6.45) is 0. The fourth-order valence-corrected chi connectivity index (χ4v) is 7.87. The third-order valence-electron chi connectivity index (χ3n) is 7.72. The molecule has 220 valence electrons. The molecule has 3 aromatic heterocycles. The van der Waals surface area contributed by atoms with Gasteiger partial charge in [-0.25, -0.2) is 21.6 Å². The highest BCUT2D eigenvalue weighted by Gasteiger charge is 2.30. The van der Waals surface area contributed by atoms with Gasteiger partial charge in [-0.2, -0.15) is 10.4 Å². The van der Waals surface area contributed by atoms with Gasteiger partial charge in [0.15, 0.2) is 5.69 Å². The van der Waals surface area contributed by atoms with Gasteiger partial charge in [-0.1, -0.05) is 42.0 Å². The number of thiophene rings is 1. The van der Waals surface area contributed by atoms with Gasteiger partial charge in [0.1, 0.15) is 16.8 Å². The zero-order valence-corrected chi connectivity index (χ0v) is 25.1. The van der Waals surface area contributed by atoms with Crippen molar-refractivity contribution in [1.29, 1.82) is 5.26 Å². The molecule has 45 heavy (non-hydrogen) atoms. The van der Waals surface area contributed by atoms with Crippen molar-refractivity contribution >= 4 is 49.1 Å². The van der Waals surface area contributed by atoms with Crippen LogP contribution in [0.4, 0.5) is 4.39 Å². The van der Waals surface area contributed by atoms with Crippen LogP contribution in [0.1, 0.15) is 20.9 Å². The molecule has 0 spiro atoms. The lowest BCUT2D eigenvalue weighted by molar-refractivity contribution is 0.0692. The van der Waals surface area contributed by atoms with E-state index < -0.39 is 21.8 Å². The minimum Gasteiger partial charge on any atom is -0.476 e. The Morgan fingerprint density at radius 1 is 0.956 bits per heavy atom. The molecule has 0 bridgehead atoms. The number of H-pyrrole nitrogens is 1. The first-order valence-electron chi connectivity index (χ1n) is 13.6. The summed E-state index contributed by atoms with van der Waals surface area (Å²) in [7, 11) is -4.23. The minimum atomic E-state index is -4.23. The van der Waals surface area contributed by atoms with E-state index >= 15 is 0 Å². The van der Waals surface area contributed by atoms with E-state index in [1.807, 2.05) is 19.1 Å². The van der Waals surface area contributed by atoms with Crippen molar-refractivity contribution in [2.24, 2.45) is 0 Å². The minimum absolute atomic E-state index is 0.0584. The SMILES string of the molecule is Cc1ccc(S(=O)(=O)n2c(-c3cccc(-c4ccc5c(C(=O)O)n[nH]c5c4)c3)c(-c3ccsc3C#N)c3cc(F)ccc32)cc1. The predicted octanol–water partition coefficient (Wildman–Crippen LogP) is 7.83. The third kappa shape index (κ3) is 4.59. The van der Waals surface area contributed by atoms with Crippen molar-refractivity contribution < 1.29 is 22.7 Å². The molecule has 4 aromatic carbocycles. The quantitative estimate of drug-likeness (QED) is 0.192. The first-order chi connectivity index (χ1) is 21.7. The highest BCUT2D eigenvalue weighted by molar-refractivity contribution is 7.90. The van der Waals surface area contributed by atoms with Gasteiger partial charge in [0.25, 0.3) is 10.0 Å². The Hall–Kier alpha value is -5.57. The van der Waals surface area contributed by atoms with Crippen LogP contribution in [0.2, 0.25) is 0 Å². The molecule has 0 atom stereocenters. The number of rotatable bonds is 6. The van der Waals surface area contributed by atoms with Crippen LogP contribution in [0, 0.1) is 24.1 Å². The number of benzene rings is 4. The van der Waals surface area contributed by atoms with Gasteiger partial charge < -0.3 is 5.11 Å². The van der Waals surface area contributed by atoms with Crippen molar-refractivity contribution in [2.45, 2.75) is 11.8 Å². The Balaban J connectivity index is 1.54. The average molecular weight is 633 g/mol. The molecular formula is C34H21FN4O4S2. The molecule has 8 nitrogen and oxygen atoms in total. The van der Waals surface area contributed by atoms with E-state index in [-0.39, 0.29) is 21.8 Å². The van der Waals surface area contributed by atoms with Crippen molar-refractivity contribution in [3.05, 3.63) is 118 Å². The van der Waals surface area contributed by atoms with E-state index in [1.165, 1.54) is 45.6 Å². The third-order valence-corrected chi connectivity index (χ3v) is 10.3. The van der Waals surface area contributed by atoms with Gasteiger partial charge in [0.05, 0.1) is 21.6 Å². The fourth-order valence-electron chi connectivity index (χ4n) is 5.64. The van der Waals surface area contributed by atoms with Crippen LogP contribution in [-0.2, 0) is 10.0 Å². The largest absolute Gasteiger partial charge is 0.476 e. The molecule has 0 aliphatic rings. The zero-order chi connectivity index (χ0) is 31.5. The van der Waals surface area contributed by atoms with E-state index in [0.29, 0.717) is 43.4 Å². The van der Waals surface area contributed by atoms with Crippen molar-refractivity contribution in [1.82, 2.24) is 14.2 Å². The Labute approximate surface area is 260 Å². The summed E-state index contributed by atoms with van der Waals surface area (Å²) in [6, 6.07) is 26.8. The van der Waals surface area contributed by atoms with Gasteiger partial charge >= 0.3 is 5.97 Å². The molecule has 0 aliphatic carbocycles. The maximum atomic E-state index is 14.8. The lowest BCUT2D eigenvalue weighted by atomic mass is 9.96. The Morgan fingerprint density at radius 3 is 2.47 bits per heavy atom. The summed E-state index contributed by atoms with van der Waals surface area (Å²) >= 11 is 1.22. The lowest BCUT2D eigenvalue weighted by Crippen LogP contribution is -2.14. The number of aromatic amines is 1. The number of nitriles is 1. The number of aryl methyl sites for hydroxylation is 1. The van der Waals surface area contributed by atoms with Crippen LogP contribution in [-0.4, -0.2) is 33.7 Å². The Morgan fingerprint density at radius 2 is 1.71 bits per heavy atom. The summed E-state index contributed by atoms with van der Waals surface area (Å²) in [4.78, 5) is 12.0. The first-order valence-corrected chi connectivity index (χ1v) is 16.0. The number of fused-ring (bicyclic) bond motifs is 2. The Bertz CT molecular complexity index is 2470. The number of aromatic carboxylic acids is 1. The van der Waals surface area contributed by atoms with Crippen LogP contribution >= 0.6 is 11.3 Å². The molecule has 11 heteroatoms. The topological polar surface area (TPSA) is 129 Å². The van der Waals surface area contributed by atoms with E-state index in [4.69, 9.17) is 0 Å². The summed E-state index contributed by atoms with van der Waals surface area (Å²) in [5.74, 6) is -1.69. The highest BCUT2D eigenvalue weighted by atomic mass is 32.2. The average Bonchev–Trinajstić information content (AvgIpc) is 3.76. The van der Waals surface area contributed by atoms with Crippen molar-refractivity contribution in [2.75, 3.05) is 0 Å². The van der Waals surface area contributed by atoms with E-state index in [9.17, 15) is 28.0 Å². The van der Waals surface area contributed by atoms with Gasteiger partial charge in [-0.05, 0) is 78.0 Å². The number of halogens is 1. The van der Waals surface area contributed by atoms with E-state index in [2.05, 4.69) is 16.3 Å². The summed E-state index contributed by atoms with van der Waals surface area (Å²) < 4.78 is 45.0. The standard InChI is InChI=1S/C34H21FN4O4S2/c1-19-5-9-24(10-6-19)45(42,43)39-29-12-8-23(35)17-27(29)31(26-13-14-44-30(26)18-36)33(39)22-4-2-3-20(15-22)21-7-11-25-28(16-21)37-38-32(25)34(40)41/h2-17H,1H3,(H,37,38)(H,40,41). The van der Waals surface area contributed by atoms with Crippen LogP contribution in [0.5, 0.6) is 0 Å². The predicted molar refractivity (Wildman–Crippen MR) is 171 cm³/mol. The molecule has 7 rings (SSSR count). The molecule has 2 N–H and O–H groups in total. The number of nitrogens with one attached hydrogen (secondary N) is 1. The molecule has 0 aliphatic heterocycles. The maximum Gasteiger partial charge on any atom is 0.357 e. The number of hydrogen-bond acceptors (Lipinski definition) is 6. The number of aromatic nitrogens is 3. The summed E-state index contributed by atoms with van der Waals surface area (Å²) in [5.41, 5.74) is 4.76. The number of carboxylic acid groups (broad SMARTS) is 1. The molecule has 0 amide bonds. The molecule has 0 fully saturated rings. The molecular weight excluding hydrogens is 612 g/mol. The fraction of sp³-hybridized carbons (Fsp3) is 0.0294. The maximum absolute atomic E-state index is 14.8. The Kier molecular flexibility index (Phi) is 6.62. The monoisotopic (exact) mass is 632 g/mol. The number of nitrogens with zero attached hydrogens (tertiary/aromatic N) is 3. The van der Waals surface area contributed by atoms with Crippen LogP contribution in [0.15, 0.2) is 101 Å². The van der Waals surface area contributed by atoms with Crippen molar-refractivity contribution in [3.8, 4) is 39.6 Å². The second-order valence-corrected chi connectivity index (χ2v) is 13.2. The molecule has 0 radical (unpaired) electrons. The molecule has 3 heterocycles. The smallest absolute Gasteiger partial charge is 0.357 e. The second kappa shape index (κ2) is 10.6. The van der Waals surface area contributed by atoms with E-state index in [1.54, 1.807) is 53.9 Å². The molecule has 0 unspecified atom stereocenters. The summed E-state index contributed by atoms with van der Waals surface area (Å²) in [6.45, 7) is 1.86. The number of hydrogen-bond donors (Lipinski definition) is 2. The van der Waals surface area contributed by atoms with E-state index in [0.717, 1.165) is 11.1 Å². The lowest BCUT2D eigenvalue weighted by Gasteiger charge is -2.15. The highest BCUT2D eigenvalue weighted by Crippen LogP contribution is 2.46. The van der Waals surface area contributed by atoms with Gasteiger partial charge in [0, 0.05) is 27.5 Å². The first kappa shape index (κ1) is 28.2.